The summed E-state index contributed by atoms with van der Waals surface area (Å²) in [7, 11) is 1.93. The molecule has 0 bridgehead atoms. The molecule has 2 heterocycles. The van der Waals surface area contributed by atoms with Crippen LogP contribution in [0.4, 0.5) is 0 Å². The van der Waals surface area contributed by atoms with Crippen molar-refractivity contribution in [3.63, 3.8) is 0 Å². The third-order valence-corrected chi connectivity index (χ3v) is 3.37. The number of carbonyl (C=O) groups excluding carboxylic acids is 1. The van der Waals surface area contributed by atoms with Gasteiger partial charge in [0, 0.05) is 19.1 Å². The topological polar surface area (TPSA) is 58.4 Å². The van der Waals surface area contributed by atoms with Crippen molar-refractivity contribution in [1.82, 2.24) is 15.4 Å². The molecule has 0 radical (unpaired) electrons. The summed E-state index contributed by atoms with van der Waals surface area (Å²) >= 11 is 0. The lowest BCUT2D eigenvalue weighted by atomic mass is 10.1. The molecule has 1 aromatic rings. The lowest BCUT2D eigenvalue weighted by Crippen LogP contribution is -2.34. The normalized spacial score (nSPS) is 19.9. The molecule has 1 aromatic heterocycles. The summed E-state index contributed by atoms with van der Waals surface area (Å²) in [5.74, 6) is 0.679. The number of likely N-dealkylation sites (tertiary alicyclic amines) is 1. The molecule has 1 saturated heterocycles. The van der Waals surface area contributed by atoms with Crippen LogP contribution in [0.3, 0.4) is 0 Å². The number of hydrogen-bond acceptors (Lipinski definition) is 4. The minimum Gasteiger partial charge on any atom is -0.361 e. The molecular formula is C12H19N3O2. The van der Waals surface area contributed by atoms with E-state index in [1.165, 1.54) is 0 Å². The average molecular weight is 237 g/mol. The largest absolute Gasteiger partial charge is 0.361 e. The van der Waals surface area contributed by atoms with Gasteiger partial charge in [0.15, 0.2) is 0 Å². The van der Waals surface area contributed by atoms with E-state index >= 15 is 0 Å². The zero-order valence-electron chi connectivity index (χ0n) is 10.6. The van der Waals surface area contributed by atoms with Crippen molar-refractivity contribution in [2.75, 3.05) is 20.1 Å². The van der Waals surface area contributed by atoms with Crippen LogP contribution >= 0.6 is 0 Å². The number of rotatable bonds is 3. The summed E-state index contributed by atoms with van der Waals surface area (Å²) < 4.78 is 5.11. The molecule has 1 amide bonds. The van der Waals surface area contributed by atoms with E-state index in [1.54, 1.807) is 6.92 Å². The molecule has 1 aliphatic rings. The standard InChI is InChI=1S/C12H19N3O2/c1-4-10-11(8(2)17-14-10)12(16)15-6-5-9(7-15)13-3/h9,13H,4-7H2,1-3H3/t9-/m1/s1. The molecule has 1 fully saturated rings. The Kier molecular flexibility index (Phi) is 3.47. The lowest BCUT2D eigenvalue weighted by Gasteiger charge is -2.16. The molecule has 0 unspecified atom stereocenters. The number of aryl methyl sites for hydroxylation is 2. The summed E-state index contributed by atoms with van der Waals surface area (Å²) in [6, 6.07) is 0.407. The van der Waals surface area contributed by atoms with Crippen molar-refractivity contribution in [3.8, 4) is 0 Å². The number of carbonyl (C=O) groups is 1. The van der Waals surface area contributed by atoms with Crippen molar-refractivity contribution in [2.24, 2.45) is 0 Å². The Balaban J connectivity index is 2.17. The van der Waals surface area contributed by atoms with Crippen molar-refractivity contribution < 1.29 is 9.32 Å². The number of likely N-dealkylation sites (N-methyl/N-ethyl adjacent to an activating group) is 1. The van der Waals surface area contributed by atoms with Crippen molar-refractivity contribution in [2.45, 2.75) is 32.7 Å². The second-order valence-corrected chi connectivity index (χ2v) is 4.44. The Morgan fingerprint density at radius 3 is 3.00 bits per heavy atom. The van der Waals surface area contributed by atoms with Gasteiger partial charge in [0.05, 0.1) is 5.69 Å². The van der Waals surface area contributed by atoms with Crippen LogP contribution in [0.1, 0.15) is 35.2 Å². The zero-order valence-corrected chi connectivity index (χ0v) is 10.6. The number of nitrogens with one attached hydrogen (secondary N) is 1. The summed E-state index contributed by atoms with van der Waals surface area (Å²) in [5, 5.41) is 7.13. The van der Waals surface area contributed by atoms with E-state index < -0.39 is 0 Å². The van der Waals surface area contributed by atoms with E-state index in [0.29, 0.717) is 17.4 Å². The fourth-order valence-electron chi connectivity index (χ4n) is 2.27. The molecule has 0 saturated carbocycles. The smallest absolute Gasteiger partial charge is 0.259 e. The highest BCUT2D eigenvalue weighted by atomic mass is 16.5. The summed E-state index contributed by atoms with van der Waals surface area (Å²) in [6.45, 7) is 5.35. The third kappa shape index (κ3) is 2.20. The van der Waals surface area contributed by atoms with Gasteiger partial charge in [-0.25, -0.2) is 0 Å². The highest BCUT2D eigenvalue weighted by Crippen LogP contribution is 2.19. The van der Waals surface area contributed by atoms with E-state index in [9.17, 15) is 4.79 Å². The predicted molar refractivity (Wildman–Crippen MR) is 64.0 cm³/mol. The molecular weight excluding hydrogens is 218 g/mol. The van der Waals surface area contributed by atoms with E-state index in [-0.39, 0.29) is 5.91 Å². The first kappa shape index (κ1) is 12.1. The van der Waals surface area contributed by atoms with Gasteiger partial charge in [0.25, 0.3) is 5.91 Å². The Morgan fingerprint density at radius 2 is 2.41 bits per heavy atom. The van der Waals surface area contributed by atoms with Gasteiger partial charge in [-0.3, -0.25) is 4.79 Å². The SMILES string of the molecule is CCc1noc(C)c1C(=O)N1CC[C@@H](NC)C1. The highest BCUT2D eigenvalue weighted by molar-refractivity contribution is 5.96. The molecule has 5 nitrogen and oxygen atoms in total. The molecule has 17 heavy (non-hydrogen) atoms. The van der Waals surface area contributed by atoms with Gasteiger partial charge in [0.2, 0.25) is 0 Å². The summed E-state index contributed by atoms with van der Waals surface area (Å²) in [5.41, 5.74) is 1.42. The molecule has 2 rings (SSSR count). The van der Waals surface area contributed by atoms with Crippen molar-refractivity contribution in [3.05, 3.63) is 17.0 Å². The van der Waals surface area contributed by atoms with Crippen LogP contribution in [0.2, 0.25) is 0 Å². The number of amides is 1. The van der Waals surface area contributed by atoms with Crippen LogP contribution in [-0.2, 0) is 6.42 Å². The van der Waals surface area contributed by atoms with Gasteiger partial charge >= 0.3 is 0 Å². The monoisotopic (exact) mass is 237 g/mol. The molecule has 1 atom stereocenters. The van der Waals surface area contributed by atoms with Crippen LogP contribution < -0.4 is 5.32 Å². The fourth-order valence-corrected chi connectivity index (χ4v) is 2.27. The van der Waals surface area contributed by atoms with Crippen LogP contribution in [0, 0.1) is 6.92 Å². The predicted octanol–water partition coefficient (Wildman–Crippen LogP) is 0.979. The van der Waals surface area contributed by atoms with Crippen molar-refractivity contribution >= 4 is 5.91 Å². The zero-order chi connectivity index (χ0) is 12.4. The Morgan fingerprint density at radius 1 is 1.65 bits per heavy atom. The van der Waals surface area contributed by atoms with E-state index in [2.05, 4.69) is 10.5 Å². The number of hydrogen-bond donors (Lipinski definition) is 1. The Hall–Kier alpha value is -1.36. The second-order valence-electron chi connectivity index (χ2n) is 4.44. The molecule has 5 heteroatoms. The minimum atomic E-state index is 0.0540. The van der Waals surface area contributed by atoms with Crippen molar-refractivity contribution in [1.29, 1.82) is 0 Å². The lowest BCUT2D eigenvalue weighted by molar-refractivity contribution is 0.0787. The first-order valence-electron chi connectivity index (χ1n) is 6.09. The van der Waals surface area contributed by atoms with Gasteiger partial charge < -0.3 is 14.7 Å². The molecule has 0 spiro atoms. The maximum absolute atomic E-state index is 12.4. The van der Waals surface area contributed by atoms with Crippen LogP contribution in [0.5, 0.6) is 0 Å². The van der Waals surface area contributed by atoms with E-state index in [0.717, 1.165) is 31.6 Å². The maximum atomic E-state index is 12.4. The molecule has 1 N–H and O–H groups in total. The van der Waals surface area contributed by atoms with Gasteiger partial charge in [-0.15, -0.1) is 0 Å². The average Bonchev–Trinajstić information content (AvgIpc) is 2.94. The number of aromatic nitrogens is 1. The molecule has 0 aromatic carbocycles. The summed E-state index contributed by atoms with van der Waals surface area (Å²) in [6.07, 6.45) is 1.73. The summed E-state index contributed by atoms with van der Waals surface area (Å²) in [4.78, 5) is 14.2. The van der Waals surface area contributed by atoms with Crippen LogP contribution in [-0.4, -0.2) is 42.1 Å². The Bertz CT molecular complexity index is 414. The highest BCUT2D eigenvalue weighted by Gasteiger charge is 2.29. The maximum Gasteiger partial charge on any atom is 0.259 e. The van der Waals surface area contributed by atoms with Gasteiger partial charge in [-0.1, -0.05) is 12.1 Å². The van der Waals surface area contributed by atoms with Gasteiger partial charge in [-0.05, 0) is 26.8 Å². The van der Waals surface area contributed by atoms with E-state index in [4.69, 9.17) is 4.52 Å². The van der Waals surface area contributed by atoms with E-state index in [1.807, 2.05) is 18.9 Å². The molecule has 0 aliphatic carbocycles. The molecule has 1 aliphatic heterocycles. The Labute approximate surface area is 101 Å². The quantitative estimate of drug-likeness (QED) is 0.851. The number of nitrogens with zero attached hydrogens (tertiary/aromatic N) is 2. The third-order valence-electron chi connectivity index (χ3n) is 3.37. The molecule has 94 valence electrons. The fraction of sp³-hybridized carbons (Fsp3) is 0.667. The van der Waals surface area contributed by atoms with Gasteiger partial charge in [0.1, 0.15) is 11.3 Å². The second kappa shape index (κ2) is 4.87. The van der Waals surface area contributed by atoms with Crippen LogP contribution in [0.15, 0.2) is 4.52 Å². The van der Waals surface area contributed by atoms with Gasteiger partial charge in [-0.2, -0.15) is 0 Å². The first-order chi connectivity index (χ1) is 8.17. The van der Waals surface area contributed by atoms with Crippen LogP contribution in [0.25, 0.3) is 0 Å². The first-order valence-corrected chi connectivity index (χ1v) is 6.09. The minimum absolute atomic E-state index is 0.0540.